The average Bonchev–Trinajstić information content (AvgIpc) is 3.00. The Morgan fingerprint density at radius 3 is 3.04 bits per heavy atom. The van der Waals surface area contributed by atoms with Gasteiger partial charge in [0.05, 0.1) is 13.7 Å². The van der Waals surface area contributed by atoms with E-state index in [1.807, 2.05) is 24.5 Å². The molecule has 1 atom stereocenters. The molecule has 1 aromatic carbocycles. The van der Waals surface area contributed by atoms with Crippen LogP contribution >= 0.6 is 12.2 Å². The molecular weight excluding hydrogens is 348 g/mol. The lowest BCUT2D eigenvalue weighted by atomic mass is 9.81. The monoisotopic (exact) mass is 374 g/mol. The van der Waals surface area contributed by atoms with Crippen LogP contribution in [0.5, 0.6) is 5.75 Å². The number of fused-ring (bicyclic) bond motifs is 1. The van der Waals surface area contributed by atoms with Gasteiger partial charge in [0.25, 0.3) is 0 Å². The minimum Gasteiger partial charge on any atom is -0.497 e. The number of methoxy groups -OCH3 is 1. The first-order valence-corrected chi connectivity index (χ1v) is 9.49. The van der Waals surface area contributed by atoms with Gasteiger partial charge in [-0.15, -0.1) is 0 Å². The highest BCUT2D eigenvalue weighted by molar-refractivity contribution is 7.71. The van der Waals surface area contributed by atoms with Crippen molar-refractivity contribution in [2.75, 3.05) is 7.11 Å². The summed E-state index contributed by atoms with van der Waals surface area (Å²) < 4.78 is 7.83. The Morgan fingerprint density at radius 2 is 2.31 bits per heavy atom. The zero-order chi connectivity index (χ0) is 18.7. The van der Waals surface area contributed by atoms with Crippen molar-refractivity contribution in [3.05, 3.63) is 39.9 Å². The third-order valence-corrected chi connectivity index (χ3v) is 5.25. The van der Waals surface area contributed by atoms with Crippen LogP contribution in [0.25, 0.3) is 0 Å². The number of hydrogen-bond acceptors (Lipinski definition) is 4. The molecule has 0 saturated heterocycles. The van der Waals surface area contributed by atoms with E-state index in [-0.39, 0.29) is 17.9 Å². The van der Waals surface area contributed by atoms with E-state index < -0.39 is 0 Å². The maximum atomic E-state index is 12.5. The van der Waals surface area contributed by atoms with E-state index >= 15 is 0 Å². The molecule has 6 nitrogen and oxygen atoms in total. The molecule has 3 rings (SSSR count). The molecule has 0 fully saturated rings. The minimum absolute atomic E-state index is 0.0443. The SMILES string of the molecule is COc1ccc2c(c1)CCC[C@H]2CC(=O)NCc1n[nH]c(=S)n1C(C)C. The Kier molecular flexibility index (Phi) is 5.76. The average molecular weight is 375 g/mol. The van der Waals surface area contributed by atoms with Crippen LogP contribution in [0.15, 0.2) is 18.2 Å². The lowest BCUT2D eigenvalue weighted by Gasteiger charge is -2.25. The van der Waals surface area contributed by atoms with Crippen molar-refractivity contribution in [1.29, 1.82) is 0 Å². The molecule has 1 aliphatic carbocycles. The van der Waals surface area contributed by atoms with Gasteiger partial charge in [0.2, 0.25) is 5.91 Å². The van der Waals surface area contributed by atoms with Crippen molar-refractivity contribution in [3.63, 3.8) is 0 Å². The molecular formula is C19H26N4O2S. The molecule has 26 heavy (non-hydrogen) atoms. The van der Waals surface area contributed by atoms with E-state index in [0.29, 0.717) is 17.7 Å². The van der Waals surface area contributed by atoms with Crippen molar-refractivity contribution in [2.24, 2.45) is 0 Å². The van der Waals surface area contributed by atoms with E-state index in [1.165, 1.54) is 11.1 Å². The van der Waals surface area contributed by atoms with Crippen LogP contribution in [0, 0.1) is 4.77 Å². The standard InChI is InChI=1S/C19H26N4O2S/c1-12(2)23-17(21-22-19(23)26)11-20-18(24)10-14-6-4-5-13-9-15(25-3)7-8-16(13)14/h7-9,12,14H,4-6,10-11H2,1-3H3,(H,20,24)(H,22,26)/t14-/m0/s1. The van der Waals surface area contributed by atoms with Crippen LogP contribution in [0.2, 0.25) is 0 Å². The largest absolute Gasteiger partial charge is 0.497 e. The van der Waals surface area contributed by atoms with Crippen molar-refractivity contribution >= 4 is 18.1 Å². The number of benzene rings is 1. The zero-order valence-corrected chi connectivity index (χ0v) is 16.4. The summed E-state index contributed by atoms with van der Waals surface area (Å²) in [7, 11) is 1.68. The van der Waals surface area contributed by atoms with Crippen LogP contribution in [0.4, 0.5) is 0 Å². The highest BCUT2D eigenvalue weighted by Crippen LogP contribution is 2.35. The predicted octanol–water partition coefficient (Wildman–Crippen LogP) is 3.66. The van der Waals surface area contributed by atoms with Crippen molar-refractivity contribution < 1.29 is 9.53 Å². The number of aromatic nitrogens is 3. The molecule has 1 aliphatic rings. The van der Waals surface area contributed by atoms with Crippen molar-refractivity contribution in [1.82, 2.24) is 20.1 Å². The van der Waals surface area contributed by atoms with Crippen LogP contribution in [-0.2, 0) is 17.8 Å². The molecule has 0 saturated carbocycles. The fourth-order valence-electron chi connectivity index (χ4n) is 3.70. The quantitative estimate of drug-likeness (QED) is 0.757. The summed E-state index contributed by atoms with van der Waals surface area (Å²) in [5.41, 5.74) is 2.58. The number of aromatic amines is 1. The lowest BCUT2D eigenvalue weighted by molar-refractivity contribution is -0.121. The molecule has 2 N–H and O–H groups in total. The maximum Gasteiger partial charge on any atom is 0.220 e. The van der Waals surface area contributed by atoms with Gasteiger partial charge in [-0.2, -0.15) is 5.10 Å². The smallest absolute Gasteiger partial charge is 0.220 e. The van der Waals surface area contributed by atoms with Gasteiger partial charge in [-0.3, -0.25) is 9.89 Å². The van der Waals surface area contributed by atoms with Crippen LogP contribution in [0.3, 0.4) is 0 Å². The highest BCUT2D eigenvalue weighted by atomic mass is 32.1. The Labute approximate surface area is 159 Å². The molecule has 1 aromatic heterocycles. The Balaban J connectivity index is 1.64. The number of hydrogen-bond donors (Lipinski definition) is 2. The number of carbonyl (C=O) groups is 1. The Hall–Kier alpha value is -2.15. The summed E-state index contributed by atoms with van der Waals surface area (Å²) in [6.07, 6.45) is 3.68. The van der Waals surface area contributed by atoms with Crippen molar-refractivity contribution in [3.8, 4) is 5.75 Å². The first kappa shape index (κ1) is 18.6. The summed E-state index contributed by atoms with van der Waals surface area (Å²) in [5.74, 6) is 1.94. The van der Waals surface area contributed by atoms with Gasteiger partial charge in [0, 0.05) is 12.5 Å². The van der Waals surface area contributed by atoms with Gasteiger partial charge >= 0.3 is 0 Å². The Morgan fingerprint density at radius 1 is 1.50 bits per heavy atom. The molecule has 2 aromatic rings. The second-order valence-corrected chi connectivity index (χ2v) is 7.43. The molecule has 0 unspecified atom stereocenters. The van der Waals surface area contributed by atoms with Crippen LogP contribution < -0.4 is 10.1 Å². The summed E-state index contributed by atoms with van der Waals surface area (Å²) in [4.78, 5) is 12.5. The second-order valence-electron chi connectivity index (χ2n) is 7.04. The first-order chi connectivity index (χ1) is 12.5. The molecule has 140 valence electrons. The fourth-order valence-corrected chi connectivity index (χ4v) is 4.06. The maximum absolute atomic E-state index is 12.5. The molecule has 0 spiro atoms. The molecule has 0 aliphatic heterocycles. The van der Waals surface area contributed by atoms with E-state index in [0.717, 1.165) is 30.8 Å². The van der Waals surface area contributed by atoms with Gasteiger partial charge in [-0.05, 0) is 74.5 Å². The zero-order valence-electron chi connectivity index (χ0n) is 15.5. The number of ether oxygens (including phenoxy) is 1. The summed E-state index contributed by atoms with van der Waals surface area (Å²) >= 11 is 5.25. The van der Waals surface area contributed by atoms with Crippen molar-refractivity contribution in [2.45, 2.75) is 58.0 Å². The van der Waals surface area contributed by atoms with Gasteiger partial charge in [0.15, 0.2) is 10.6 Å². The van der Waals surface area contributed by atoms with Gasteiger partial charge in [-0.25, -0.2) is 0 Å². The number of amides is 1. The molecule has 7 heteroatoms. The normalized spacial score (nSPS) is 16.4. The van der Waals surface area contributed by atoms with Gasteiger partial charge in [-0.1, -0.05) is 6.07 Å². The first-order valence-electron chi connectivity index (χ1n) is 9.09. The number of H-pyrrole nitrogens is 1. The van der Waals surface area contributed by atoms with Crippen LogP contribution in [-0.4, -0.2) is 27.8 Å². The molecule has 0 bridgehead atoms. The van der Waals surface area contributed by atoms with E-state index in [4.69, 9.17) is 17.0 Å². The third kappa shape index (κ3) is 3.98. The number of rotatable bonds is 6. The number of nitrogens with zero attached hydrogens (tertiary/aromatic N) is 2. The summed E-state index contributed by atoms with van der Waals surface area (Å²) in [6, 6.07) is 6.39. The second kappa shape index (κ2) is 8.03. The van der Waals surface area contributed by atoms with E-state index in [9.17, 15) is 4.79 Å². The topological polar surface area (TPSA) is 71.9 Å². The lowest BCUT2D eigenvalue weighted by Crippen LogP contribution is -2.27. The van der Waals surface area contributed by atoms with E-state index in [2.05, 4.69) is 27.6 Å². The number of carbonyl (C=O) groups excluding carboxylic acids is 1. The number of nitrogens with one attached hydrogen (secondary N) is 2. The van der Waals surface area contributed by atoms with Crippen LogP contribution in [0.1, 0.15) is 62.0 Å². The fraction of sp³-hybridized carbons (Fsp3) is 0.526. The number of aryl methyl sites for hydroxylation is 1. The molecule has 1 heterocycles. The molecule has 1 amide bonds. The molecule has 0 radical (unpaired) electrons. The predicted molar refractivity (Wildman–Crippen MR) is 103 cm³/mol. The van der Waals surface area contributed by atoms with Gasteiger partial charge in [0.1, 0.15) is 5.75 Å². The minimum atomic E-state index is 0.0443. The Bertz CT molecular complexity index is 840. The third-order valence-electron chi connectivity index (χ3n) is 4.96. The summed E-state index contributed by atoms with van der Waals surface area (Å²) in [6.45, 7) is 4.47. The van der Waals surface area contributed by atoms with E-state index in [1.54, 1.807) is 7.11 Å². The van der Waals surface area contributed by atoms with Gasteiger partial charge < -0.3 is 14.6 Å². The highest BCUT2D eigenvalue weighted by Gasteiger charge is 2.23. The summed E-state index contributed by atoms with van der Waals surface area (Å²) in [5, 5.41) is 10.0.